The molecule has 2 aromatic heterocycles. The van der Waals surface area contributed by atoms with E-state index >= 15 is 0 Å². The summed E-state index contributed by atoms with van der Waals surface area (Å²) in [7, 11) is 0. The number of H-pyrrole nitrogens is 1. The van der Waals surface area contributed by atoms with Crippen LogP contribution in [0.1, 0.15) is 17.1 Å². The summed E-state index contributed by atoms with van der Waals surface area (Å²) in [6.45, 7) is 0.627. The standard InChI is InChI=1S/C11H14N4/c12-4-1-11-14-8-10(15-11)7-9-2-5-13-6-3-9/h2-3,5-6,8H,1,4,7,12H2,(H,14,15). The predicted octanol–water partition coefficient (Wildman–Crippen LogP) is 0.897. The lowest BCUT2D eigenvalue weighted by atomic mass is 10.2. The van der Waals surface area contributed by atoms with Crippen molar-refractivity contribution in [1.82, 2.24) is 15.0 Å². The van der Waals surface area contributed by atoms with Crippen molar-refractivity contribution in [2.24, 2.45) is 5.73 Å². The van der Waals surface area contributed by atoms with Gasteiger partial charge in [0.05, 0.1) is 0 Å². The first kappa shape index (κ1) is 9.86. The number of aromatic amines is 1. The maximum absolute atomic E-state index is 5.45. The van der Waals surface area contributed by atoms with Crippen LogP contribution in [0.5, 0.6) is 0 Å². The number of rotatable bonds is 4. The quantitative estimate of drug-likeness (QED) is 0.774. The summed E-state index contributed by atoms with van der Waals surface area (Å²) in [5.74, 6) is 0.960. The zero-order valence-electron chi connectivity index (χ0n) is 8.48. The Morgan fingerprint density at radius 3 is 2.80 bits per heavy atom. The average Bonchev–Trinajstić information content (AvgIpc) is 2.68. The molecule has 0 atom stereocenters. The molecule has 2 rings (SSSR count). The maximum Gasteiger partial charge on any atom is 0.107 e. The van der Waals surface area contributed by atoms with Crippen LogP contribution in [0, 0.1) is 0 Å². The van der Waals surface area contributed by atoms with Gasteiger partial charge in [-0.15, -0.1) is 0 Å². The molecule has 3 N–H and O–H groups in total. The van der Waals surface area contributed by atoms with Crippen LogP contribution in [-0.4, -0.2) is 21.5 Å². The SMILES string of the molecule is NCCc1ncc(Cc2ccncc2)[nH]1. The van der Waals surface area contributed by atoms with Gasteiger partial charge in [-0.1, -0.05) is 0 Å². The van der Waals surface area contributed by atoms with E-state index in [2.05, 4.69) is 15.0 Å². The van der Waals surface area contributed by atoms with Crippen molar-refractivity contribution in [2.45, 2.75) is 12.8 Å². The molecule has 0 amide bonds. The number of pyridine rings is 1. The fourth-order valence-electron chi connectivity index (χ4n) is 1.48. The summed E-state index contributed by atoms with van der Waals surface area (Å²) >= 11 is 0. The highest BCUT2D eigenvalue weighted by Gasteiger charge is 2.00. The summed E-state index contributed by atoms with van der Waals surface area (Å²) in [6, 6.07) is 4.01. The lowest BCUT2D eigenvalue weighted by Crippen LogP contribution is -2.04. The first-order valence-corrected chi connectivity index (χ1v) is 5.00. The molecule has 0 aromatic carbocycles. The highest BCUT2D eigenvalue weighted by atomic mass is 14.9. The third-order valence-electron chi connectivity index (χ3n) is 2.21. The van der Waals surface area contributed by atoms with Gasteiger partial charge in [0.15, 0.2) is 0 Å². The van der Waals surface area contributed by atoms with Crippen LogP contribution in [0.15, 0.2) is 30.7 Å². The second-order valence-corrected chi connectivity index (χ2v) is 3.43. The Kier molecular flexibility index (Phi) is 3.09. The van der Waals surface area contributed by atoms with Gasteiger partial charge < -0.3 is 10.7 Å². The van der Waals surface area contributed by atoms with Crippen molar-refractivity contribution in [2.75, 3.05) is 6.54 Å². The van der Waals surface area contributed by atoms with E-state index in [-0.39, 0.29) is 0 Å². The number of nitrogens with one attached hydrogen (secondary N) is 1. The zero-order chi connectivity index (χ0) is 10.5. The smallest absolute Gasteiger partial charge is 0.107 e. The molecule has 0 radical (unpaired) electrons. The molecule has 15 heavy (non-hydrogen) atoms. The Labute approximate surface area is 88.6 Å². The van der Waals surface area contributed by atoms with Gasteiger partial charge >= 0.3 is 0 Å². The van der Waals surface area contributed by atoms with Gasteiger partial charge in [-0.25, -0.2) is 4.98 Å². The topological polar surface area (TPSA) is 67.6 Å². The molecule has 0 fully saturated rings. The number of hydrogen-bond acceptors (Lipinski definition) is 3. The van der Waals surface area contributed by atoms with Crippen LogP contribution < -0.4 is 5.73 Å². The number of nitrogens with zero attached hydrogens (tertiary/aromatic N) is 2. The fourth-order valence-corrected chi connectivity index (χ4v) is 1.48. The molecule has 0 spiro atoms. The molecule has 2 aromatic rings. The summed E-state index contributed by atoms with van der Waals surface area (Å²) in [6.07, 6.45) is 7.13. The molecule has 0 aliphatic carbocycles. The van der Waals surface area contributed by atoms with Crippen LogP contribution in [0.4, 0.5) is 0 Å². The molecule has 0 saturated carbocycles. The number of aromatic nitrogens is 3. The van der Waals surface area contributed by atoms with Crippen molar-refractivity contribution >= 4 is 0 Å². The molecular formula is C11H14N4. The number of nitrogens with two attached hydrogens (primary N) is 1. The highest BCUT2D eigenvalue weighted by Crippen LogP contribution is 2.06. The van der Waals surface area contributed by atoms with E-state index in [4.69, 9.17) is 5.73 Å². The Bertz CT molecular complexity index is 408. The minimum atomic E-state index is 0.627. The lowest BCUT2D eigenvalue weighted by molar-refractivity contribution is 0.887. The van der Waals surface area contributed by atoms with Crippen molar-refractivity contribution in [3.05, 3.63) is 47.8 Å². The molecule has 78 valence electrons. The maximum atomic E-state index is 5.45. The van der Waals surface area contributed by atoms with Crippen LogP contribution in [0.25, 0.3) is 0 Å². The van der Waals surface area contributed by atoms with Crippen LogP contribution in [0.2, 0.25) is 0 Å². The van der Waals surface area contributed by atoms with E-state index < -0.39 is 0 Å². The van der Waals surface area contributed by atoms with E-state index in [1.165, 1.54) is 5.56 Å². The van der Waals surface area contributed by atoms with Crippen molar-refractivity contribution in [3.8, 4) is 0 Å². The first-order valence-electron chi connectivity index (χ1n) is 5.00. The fraction of sp³-hybridized carbons (Fsp3) is 0.273. The van der Waals surface area contributed by atoms with Crippen molar-refractivity contribution < 1.29 is 0 Å². The minimum Gasteiger partial charge on any atom is -0.346 e. The summed E-state index contributed by atoms with van der Waals surface area (Å²) in [4.78, 5) is 11.5. The normalized spacial score (nSPS) is 10.5. The molecular weight excluding hydrogens is 188 g/mol. The summed E-state index contributed by atoms with van der Waals surface area (Å²) in [5, 5.41) is 0. The molecule has 4 nitrogen and oxygen atoms in total. The van der Waals surface area contributed by atoms with Crippen molar-refractivity contribution in [3.63, 3.8) is 0 Å². The van der Waals surface area contributed by atoms with Gasteiger partial charge in [0.2, 0.25) is 0 Å². The average molecular weight is 202 g/mol. The van der Waals surface area contributed by atoms with E-state index in [0.717, 1.165) is 24.4 Å². The highest BCUT2D eigenvalue weighted by molar-refractivity contribution is 5.18. The molecule has 0 saturated heterocycles. The van der Waals surface area contributed by atoms with Gasteiger partial charge in [0.1, 0.15) is 5.82 Å². The van der Waals surface area contributed by atoms with Crippen molar-refractivity contribution in [1.29, 1.82) is 0 Å². The summed E-state index contributed by atoms with van der Waals surface area (Å²) in [5.41, 5.74) is 7.80. The van der Waals surface area contributed by atoms with E-state index in [1.54, 1.807) is 12.4 Å². The zero-order valence-corrected chi connectivity index (χ0v) is 8.48. The number of imidazole rings is 1. The van der Waals surface area contributed by atoms with Crippen LogP contribution in [0.3, 0.4) is 0 Å². The van der Waals surface area contributed by atoms with Gasteiger partial charge in [-0.05, 0) is 24.2 Å². The monoisotopic (exact) mass is 202 g/mol. The van der Waals surface area contributed by atoms with E-state index in [9.17, 15) is 0 Å². The molecule has 4 heteroatoms. The van der Waals surface area contributed by atoms with Gasteiger partial charge in [0, 0.05) is 37.1 Å². The van der Waals surface area contributed by atoms with Crippen LogP contribution in [-0.2, 0) is 12.8 Å². The number of hydrogen-bond donors (Lipinski definition) is 2. The van der Waals surface area contributed by atoms with Gasteiger partial charge in [0.25, 0.3) is 0 Å². The van der Waals surface area contributed by atoms with E-state index in [0.29, 0.717) is 6.54 Å². The van der Waals surface area contributed by atoms with Crippen LogP contribution >= 0.6 is 0 Å². The first-order chi connectivity index (χ1) is 7.38. The second-order valence-electron chi connectivity index (χ2n) is 3.43. The van der Waals surface area contributed by atoms with Gasteiger partial charge in [-0.3, -0.25) is 4.98 Å². The molecule has 0 bridgehead atoms. The molecule has 0 aliphatic rings. The molecule has 0 unspecified atom stereocenters. The minimum absolute atomic E-state index is 0.627. The Morgan fingerprint density at radius 2 is 2.07 bits per heavy atom. The summed E-state index contributed by atoms with van der Waals surface area (Å²) < 4.78 is 0. The second kappa shape index (κ2) is 4.70. The third-order valence-corrected chi connectivity index (χ3v) is 2.21. The molecule has 0 aliphatic heterocycles. The predicted molar refractivity (Wildman–Crippen MR) is 58.4 cm³/mol. The Balaban J connectivity index is 2.05. The Hall–Kier alpha value is -1.68. The molecule has 2 heterocycles. The van der Waals surface area contributed by atoms with E-state index in [1.807, 2.05) is 18.3 Å². The largest absolute Gasteiger partial charge is 0.346 e. The van der Waals surface area contributed by atoms with Gasteiger partial charge in [-0.2, -0.15) is 0 Å². The lowest BCUT2D eigenvalue weighted by Gasteiger charge is -1.97. The Morgan fingerprint density at radius 1 is 1.27 bits per heavy atom. The third kappa shape index (κ3) is 2.63.